The minimum atomic E-state index is -4.54. The monoisotopic (exact) mass is 276 g/mol. The molecule has 0 radical (unpaired) electrons. The smallest absolute Gasteiger partial charge is 0.274 e. The molecule has 1 heterocycles. The second-order valence-electron chi connectivity index (χ2n) is 3.83. The normalized spacial score (nSPS) is 12.1. The SMILES string of the molecule is CC(=O)n1c(C)nc2cc(C(F)(F)F)c(Cl)cc21. The van der Waals surface area contributed by atoms with Gasteiger partial charge in [-0.2, -0.15) is 13.2 Å². The van der Waals surface area contributed by atoms with E-state index in [2.05, 4.69) is 4.98 Å². The molecule has 3 nitrogen and oxygen atoms in total. The van der Waals surface area contributed by atoms with E-state index in [1.54, 1.807) is 6.92 Å². The van der Waals surface area contributed by atoms with Gasteiger partial charge in [0, 0.05) is 6.92 Å². The average Bonchev–Trinajstić information content (AvgIpc) is 2.50. The average molecular weight is 277 g/mol. The molecule has 0 saturated carbocycles. The zero-order chi connectivity index (χ0) is 13.7. The fourth-order valence-electron chi connectivity index (χ4n) is 1.83. The van der Waals surface area contributed by atoms with Crippen LogP contribution >= 0.6 is 11.6 Å². The van der Waals surface area contributed by atoms with Crippen LogP contribution in [0.2, 0.25) is 5.02 Å². The number of halogens is 4. The predicted octanol–water partition coefficient (Wildman–Crippen LogP) is 3.68. The molecule has 2 rings (SSSR count). The van der Waals surface area contributed by atoms with E-state index >= 15 is 0 Å². The van der Waals surface area contributed by atoms with Crippen LogP contribution < -0.4 is 0 Å². The summed E-state index contributed by atoms with van der Waals surface area (Å²) in [5, 5.41) is -0.447. The summed E-state index contributed by atoms with van der Waals surface area (Å²) in [4.78, 5) is 15.3. The lowest BCUT2D eigenvalue weighted by Crippen LogP contribution is -2.08. The third-order valence-electron chi connectivity index (χ3n) is 2.53. The van der Waals surface area contributed by atoms with Crippen molar-refractivity contribution in [3.05, 3.63) is 28.5 Å². The van der Waals surface area contributed by atoms with Crippen LogP contribution in [0.3, 0.4) is 0 Å². The molecule has 96 valence electrons. The van der Waals surface area contributed by atoms with Crippen molar-refractivity contribution < 1.29 is 18.0 Å². The minimum Gasteiger partial charge on any atom is -0.274 e. The number of hydrogen-bond donors (Lipinski definition) is 0. The number of benzene rings is 1. The van der Waals surface area contributed by atoms with Gasteiger partial charge in [-0.1, -0.05) is 11.6 Å². The molecule has 1 aromatic carbocycles. The molecule has 0 saturated heterocycles. The van der Waals surface area contributed by atoms with E-state index in [0.29, 0.717) is 5.82 Å². The first-order valence-corrected chi connectivity index (χ1v) is 5.36. The van der Waals surface area contributed by atoms with Gasteiger partial charge in [0.2, 0.25) is 5.91 Å². The Hall–Kier alpha value is -1.56. The number of carbonyl (C=O) groups is 1. The Morgan fingerprint density at radius 1 is 1.39 bits per heavy atom. The minimum absolute atomic E-state index is 0.0967. The molecule has 2 aromatic rings. The lowest BCUT2D eigenvalue weighted by molar-refractivity contribution is -0.137. The Morgan fingerprint density at radius 2 is 2.00 bits per heavy atom. The quantitative estimate of drug-likeness (QED) is 0.736. The van der Waals surface area contributed by atoms with Crippen LogP contribution in [0.4, 0.5) is 13.2 Å². The highest BCUT2D eigenvalue weighted by molar-refractivity contribution is 6.32. The molecular weight excluding hydrogens is 269 g/mol. The maximum Gasteiger partial charge on any atom is 0.417 e. The summed E-state index contributed by atoms with van der Waals surface area (Å²) in [7, 11) is 0. The van der Waals surface area contributed by atoms with Crippen LogP contribution in [0.15, 0.2) is 12.1 Å². The molecule has 7 heteroatoms. The molecule has 0 unspecified atom stereocenters. The van der Waals surface area contributed by atoms with Gasteiger partial charge < -0.3 is 0 Å². The van der Waals surface area contributed by atoms with Gasteiger partial charge in [0.05, 0.1) is 21.6 Å². The number of fused-ring (bicyclic) bond motifs is 1. The number of aromatic nitrogens is 2. The maximum absolute atomic E-state index is 12.7. The Kier molecular flexibility index (Phi) is 2.85. The van der Waals surface area contributed by atoms with E-state index in [1.165, 1.54) is 11.5 Å². The topological polar surface area (TPSA) is 34.9 Å². The van der Waals surface area contributed by atoms with Crippen LogP contribution in [0, 0.1) is 6.92 Å². The van der Waals surface area contributed by atoms with Crippen molar-refractivity contribution in [3.8, 4) is 0 Å². The first-order valence-electron chi connectivity index (χ1n) is 4.98. The van der Waals surface area contributed by atoms with E-state index in [1.807, 2.05) is 0 Å². The van der Waals surface area contributed by atoms with E-state index in [0.717, 1.165) is 12.1 Å². The molecule has 0 spiro atoms. The highest BCUT2D eigenvalue weighted by Gasteiger charge is 2.34. The van der Waals surface area contributed by atoms with Gasteiger partial charge in [0.15, 0.2) is 0 Å². The van der Waals surface area contributed by atoms with Crippen molar-refractivity contribution >= 4 is 28.5 Å². The molecule has 0 aliphatic carbocycles. The van der Waals surface area contributed by atoms with Gasteiger partial charge in [0.1, 0.15) is 5.82 Å². The molecular formula is C11H8ClF3N2O. The van der Waals surface area contributed by atoms with E-state index in [4.69, 9.17) is 11.6 Å². The van der Waals surface area contributed by atoms with Crippen molar-refractivity contribution in [1.29, 1.82) is 0 Å². The third kappa shape index (κ3) is 1.96. The number of alkyl halides is 3. The zero-order valence-electron chi connectivity index (χ0n) is 9.47. The molecule has 0 fully saturated rings. The summed E-state index contributed by atoms with van der Waals surface area (Å²) < 4.78 is 39.2. The van der Waals surface area contributed by atoms with Crippen molar-refractivity contribution in [3.63, 3.8) is 0 Å². The molecule has 0 bridgehead atoms. The molecule has 0 amide bonds. The van der Waals surface area contributed by atoms with Crippen LogP contribution in [-0.2, 0) is 6.18 Å². The predicted molar refractivity (Wildman–Crippen MR) is 60.8 cm³/mol. The number of hydrogen-bond acceptors (Lipinski definition) is 2. The largest absolute Gasteiger partial charge is 0.417 e. The fourth-order valence-corrected chi connectivity index (χ4v) is 2.10. The summed E-state index contributed by atoms with van der Waals surface area (Å²) in [5.41, 5.74) is -0.581. The van der Waals surface area contributed by atoms with Crippen molar-refractivity contribution in [1.82, 2.24) is 9.55 Å². The van der Waals surface area contributed by atoms with Gasteiger partial charge in [-0.3, -0.25) is 9.36 Å². The first kappa shape index (κ1) is 12.9. The van der Waals surface area contributed by atoms with Crippen LogP contribution in [-0.4, -0.2) is 15.5 Å². The third-order valence-corrected chi connectivity index (χ3v) is 2.84. The Morgan fingerprint density at radius 3 is 2.50 bits per heavy atom. The molecule has 0 atom stereocenters. The fraction of sp³-hybridized carbons (Fsp3) is 0.273. The van der Waals surface area contributed by atoms with Gasteiger partial charge in [-0.05, 0) is 19.1 Å². The summed E-state index contributed by atoms with van der Waals surface area (Å²) in [6, 6.07) is 1.96. The van der Waals surface area contributed by atoms with E-state index < -0.39 is 16.8 Å². The van der Waals surface area contributed by atoms with Gasteiger partial charge in [-0.25, -0.2) is 4.98 Å². The standard InChI is InChI=1S/C11H8ClF3N2O/c1-5-16-9-3-7(11(13,14)15)8(12)4-10(9)17(5)6(2)18/h3-4H,1-2H3. The second-order valence-corrected chi connectivity index (χ2v) is 4.24. The highest BCUT2D eigenvalue weighted by atomic mass is 35.5. The summed E-state index contributed by atoms with van der Waals surface area (Å²) in [6.07, 6.45) is -4.54. The lowest BCUT2D eigenvalue weighted by Gasteiger charge is -2.09. The lowest BCUT2D eigenvalue weighted by atomic mass is 10.2. The van der Waals surface area contributed by atoms with E-state index in [-0.39, 0.29) is 16.9 Å². The molecule has 1 aromatic heterocycles. The number of carbonyl (C=O) groups excluding carboxylic acids is 1. The van der Waals surface area contributed by atoms with Crippen LogP contribution in [0.25, 0.3) is 11.0 Å². The Labute approximate surface area is 105 Å². The Balaban J connectivity index is 2.80. The maximum atomic E-state index is 12.7. The van der Waals surface area contributed by atoms with E-state index in [9.17, 15) is 18.0 Å². The summed E-state index contributed by atoms with van der Waals surface area (Å²) in [6.45, 7) is 2.85. The number of aryl methyl sites for hydroxylation is 1. The molecule has 18 heavy (non-hydrogen) atoms. The first-order chi connectivity index (χ1) is 8.21. The van der Waals surface area contributed by atoms with Crippen molar-refractivity contribution in [2.45, 2.75) is 20.0 Å². The summed E-state index contributed by atoms with van der Waals surface area (Å²) in [5.74, 6) is -0.00119. The molecule has 0 aliphatic rings. The van der Waals surface area contributed by atoms with Crippen molar-refractivity contribution in [2.75, 3.05) is 0 Å². The van der Waals surface area contributed by atoms with Crippen LogP contribution in [0.1, 0.15) is 23.1 Å². The van der Waals surface area contributed by atoms with Gasteiger partial charge in [0.25, 0.3) is 0 Å². The zero-order valence-corrected chi connectivity index (χ0v) is 10.2. The Bertz CT molecular complexity index is 646. The van der Waals surface area contributed by atoms with Gasteiger partial charge in [-0.15, -0.1) is 0 Å². The second kappa shape index (κ2) is 3.98. The highest BCUT2D eigenvalue weighted by Crippen LogP contribution is 2.37. The number of imidazole rings is 1. The van der Waals surface area contributed by atoms with Crippen LogP contribution in [0.5, 0.6) is 0 Å². The molecule has 0 aliphatic heterocycles. The molecule has 0 N–H and O–H groups in total. The van der Waals surface area contributed by atoms with Gasteiger partial charge >= 0.3 is 6.18 Å². The number of rotatable bonds is 0. The van der Waals surface area contributed by atoms with Crippen molar-refractivity contribution in [2.24, 2.45) is 0 Å². The summed E-state index contributed by atoms with van der Waals surface area (Å²) >= 11 is 5.60. The number of nitrogens with zero attached hydrogens (tertiary/aromatic N) is 2.